The van der Waals surface area contributed by atoms with Crippen molar-refractivity contribution in [3.8, 4) is 0 Å². The second-order valence-corrected chi connectivity index (χ2v) is 7.29. The van der Waals surface area contributed by atoms with E-state index >= 15 is 0 Å². The van der Waals surface area contributed by atoms with Gasteiger partial charge in [0.15, 0.2) is 0 Å². The van der Waals surface area contributed by atoms with E-state index in [0.29, 0.717) is 0 Å². The molecule has 1 saturated heterocycles. The van der Waals surface area contributed by atoms with Crippen LogP contribution >= 0.6 is 22.6 Å². The van der Waals surface area contributed by atoms with E-state index in [1.54, 1.807) is 0 Å². The summed E-state index contributed by atoms with van der Waals surface area (Å²) < 4.78 is 1.09. The summed E-state index contributed by atoms with van der Waals surface area (Å²) in [6, 6.07) is 18.5. The van der Waals surface area contributed by atoms with Gasteiger partial charge in [0.05, 0.1) is 0 Å². The topological polar surface area (TPSA) is 32.3 Å². The van der Waals surface area contributed by atoms with Gasteiger partial charge in [-0.25, -0.2) is 0 Å². The largest absolute Gasteiger partial charge is 0.348 e. The van der Waals surface area contributed by atoms with Crippen molar-refractivity contribution in [1.82, 2.24) is 10.2 Å². The molecule has 1 unspecified atom stereocenters. The van der Waals surface area contributed by atoms with Crippen LogP contribution in [0.5, 0.6) is 0 Å². The summed E-state index contributed by atoms with van der Waals surface area (Å²) in [6.45, 7) is 2.98. The standard InChI is InChI=1S/C19H21IN2O/c20-17-9-4-8-16(12-17)19(23)21-18-10-5-11-22(14-18)13-15-6-2-1-3-7-15/h1-4,6-9,12,18H,5,10-11,13-14H2,(H,21,23). The lowest BCUT2D eigenvalue weighted by molar-refractivity contribution is 0.0900. The van der Waals surface area contributed by atoms with Gasteiger partial charge in [0.2, 0.25) is 0 Å². The Balaban J connectivity index is 1.57. The summed E-state index contributed by atoms with van der Waals surface area (Å²) in [5.74, 6) is 0.0371. The molecule has 0 aromatic heterocycles. The number of nitrogens with one attached hydrogen (secondary N) is 1. The first kappa shape index (κ1) is 16.5. The minimum absolute atomic E-state index is 0.0371. The minimum atomic E-state index is 0.0371. The first-order chi connectivity index (χ1) is 11.2. The van der Waals surface area contributed by atoms with Gasteiger partial charge in [-0.1, -0.05) is 36.4 Å². The fourth-order valence-corrected chi connectivity index (χ4v) is 3.60. The molecule has 0 saturated carbocycles. The van der Waals surface area contributed by atoms with Crippen molar-refractivity contribution in [3.63, 3.8) is 0 Å². The first-order valence-electron chi connectivity index (χ1n) is 8.03. The Morgan fingerprint density at radius 2 is 2.00 bits per heavy atom. The predicted molar refractivity (Wildman–Crippen MR) is 101 cm³/mol. The normalized spacial score (nSPS) is 18.6. The molecule has 1 N–H and O–H groups in total. The number of carbonyl (C=O) groups excluding carboxylic acids is 1. The van der Waals surface area contributed by atoms with Gasteiger partial charge in [0.25, 0.3) is 5.91 Å². The van der Waals surface area contributed by atoms with Gasteiger partial charge in [-0.05, 0) is 65.7 Å². The van der Waals surface area contributed by atoms with E-state index in [4.69, 9.17) is 0 Å². The Morgan fingerprint density at radius 1 is 1.17 bits per heavy atom. The highest BCUT2D eigenvalue weighted by Gasteiger charge is 2.21. The SMILES string of the molecule is O=C(NC1CCCN(Cc2ccccc2)C1)c1cccc(I)c1. The summed E-state index contributed by atoms with van der Waals surface area (Å²) in [6.07, 6.45) is 2.19. The fourth-order valence-electron chi connectivity index (χ4n) is 3.06. The van der Waals surface area contributed by atoms with E-state index in [1.165, 1.54) is 5.56 Å². The van der Waals surface area contributed by atoms with Crippen LogP contribution in [0.3, 0.4) is 0 Å². The number of carbonyl (C=O) groups is 1. The number of halogens is 1. The highest BCUT2D eigenvalue weighted by molar-refractivity contribution is 14.1. The van der Waals surface area contributed by atoms with E-state index in [-0.39, 0.29) is 11.9 Å². The van der Waals surface area contributed by atoms with Crippen molar-refractivity contribution < 1.29 is 4.79 Å². The quantitative estimate of drug-likeness (QED) is 0.766. The maximum atomic E-state index is 12.4. The molecular formula is C19H21IN2O. The lowest BCUT2D eigenvalue weighted by Crippen LogP contribution is -2.47. The molecule has 3 nitrogen and oxygen atoms in total. The van der Waals surface area contributed by atoms with Crippen molar-refractivity contribution in [2.24, 2.45) is 0 Å². The van der Waals surface area contributed by atoms with Crippen molar-refractivity contribution in [2.75, 3.05) is 13.1 Å². The highest BCUT2D eigenvalue weighted by Crippen LogP contribution is 2.15. The predicted octanol–water partition coefficient (Wildman–Crippen LogP) is 3.69. The summed E-state index contributed by atoms with van der Waals surface area (Å²) in [5.41, 5.74) is 2.08. The van der Waals surface area contributed by atoms with Crippen LogP contribution in [0.25, 0.3) is 0 Å². The van der Waals surface area contributed by atoms with E-state index in [1.807, 2.05) is 30.3 Å². The van der Waals surface area contributed by atoms with Crippen molar-refractivity contribution in [2.45, 2.75) is 25.4 Å². The van der Waals surface area contributed by atoms with Gasteiger partial charge in [0.1, 0.15) is 0 Å². The Kier molecular flexibility index (Phi) is 5.67. The fraction of sp³-hybridized carbons (Fsp3) is 0.316. The third-order valence-corrected chi connectivity index (χ3v) is 4.85. The van der Waals surface area contributed by atoms with Gasteiger partial charge in [-0.15, -0.1) is 0 Å². The zero-order chi connectivity index (χ0) is 16.1. The lowest BCUT2D eigenvalue weighted by atomic mass is 10.0. The monoisotopic (exact) mass is 420 g/mol. The van der Waals surface area contributed by atoms with Gasteiger partial charge in [-0.2, -0.15) is 0 Å². The van der Waals surface area contributed by atoms with Gasteiger partial charge >= 0.3 is 0 Å². The zero-order valence-electron chi connectivity index (χ0n) is 13.0. The van der Waals surface area contributed by atoms with Crippen LogP contribution in [0.2, 0.25) is 0 Å². The number of nitrogens with zero attached hydrogens (tertiary/aromatic N) is 1. The first-order valence-corrected chi connectivity index (χ1v) is 9.11. The third-order valence-electron chi connectivity index (χ3n) is 4.18. The number of likely N-dealkylation sites (tertiary alicyclic amines) is 1. The van der Waals surface area contributed by atoms with Crippen molar-refractivity contribution in [1.29, 1.82) is 0 Å². The molecule has 23 heavy (non-hydrogen) atoms. The average molecular weight is 420 g/mol. The molecule has 1 atom stereocenters. The number of hydrogen-bond acceptors (Lipinski definition) is 2. The molecule has 2 aromatic carbocycles. The van der Waals surface area contributed by atoms with E-state index in [9.17, 15) is 4.79 Å². The van der Waals surface area contributed by atoms with Gasteiger partial charge < -0.3 is 5.32 Å². The van der Waals surface area contributed by atoms with Crippen molar-refractivity contribution in [3.05, 3.63) is 69.3 Å². The molecule has 0 spiro atoms. The Hall–Kier alpha value is -1.40. The number of rotatable bonds is 4. The van der Waals surface area contributed by atoms with Crippen molar-refractivity contribution >= 4 is 28.5 Å². The molecule has 4 heteroatoms. The molecule has 1 heterocycles. The van der Waals surface area contributed by atoms with E-state index in [0.717, 1.165) is 41.6 Å². The van der Waals surface area contributed by atoms with Gasteiger partial charge in [-0.3, -0.25) is 9.69 Å². The van der Waals surface area contributed by atoms with Crippen LogP contribution in [0.15, 0.2) is 54.6 Å². The molecular weight excluding hydrogens is 399 g/mol. The Labute approximate surface area is 151 Å². The summed E-state index contributed by atoms with van der Waals surface area (Å²) in [5, 5.41) is 3.19. The Bertz CT molecular complexity index is 659. The third kappa shape index (κ3) is 4.78. The maximum Gasteiger partial charge on any atom is 0.251 e. The zero-order valence-corrected chi connectivity index (χ0v) is 15.2. The molecule has 2 aromatic rings. The molecule has 3 rings (SSSR count). The van der Waals surface area contributed by atoms with Crippen LogP contribution in [-0.2, 0) is 6.54 Å². The summed E-state index contributed by atoms with van der Waals surface area (Å²) >= 11 is 2.24. The maximum absolute atomic E-state index is 12.4. The molecule has 0 bridgehead atoms. The number of hydrogen-bond donors (Lipinski definition) is 1. The van der Waals surface area contributed by atoms with Gasteiger partial charge in [0, 0.05) is 28.3 Å². The summed E-state index contributed by atoms with van der Waals surface area (Å²) in [7, 11) is 0. The second-order valence-electron chi connectivity index (χ2n) is 6.04. The van der Waals surface area contributed by atoms with E-state index in [2.05, 4.69) is 57.1 Å². The number of piperidine rings is 1. The summed E-state index contributed by atoms with van der Waals surface area (Å²) in [4.78, 5) is 14.8. The number of amides is 1. The van der Waals surface area contributed by atoms with Crippen LogP contribution in [-0.4, -0.2) is 29.9 Å². The number of benzene rings is 2. The molecule has 1 amide bonds. The smallest absolute Gasteiger partial charge is 0.251 e. The molecule has 1 aliphatic heterocycles. The Morgan fingerprint density at radius 3 is 2.78 bits per heavy atom. The minimum Gasteiger partial charge on any atom is -0.348 e. The molecule has 0 aliphatic carbocycles. The average Bonchev–Trinajstić information content (AvgIpc) is 2.56. The highest BCUT2D eigenvalue weighted by atomic mass is 127. The molecule has 120 valence electrons. The van der Waals surface area contributed by atoms with Crippen LogP contribution in [0, 0.1) is 3.57 Å². The van der Waals surface area contributed by atoms with E-state index < -0.39 is 0 Å². The second kappa shape index (κ2) is 7.93. The molecule has 1 aliphatic rings. The van der Waals surface area contributed by atoms with Crippen LogP contribution in [0.4, 0.5) is 0 Å². The molecule has 0 radical (unpaired) electrons. The molecule has 1 fully saturated rings. The van der Waals surface area contributed by atoms with Crippen LogP contribution in [0.1, 0.15) is 28.8 Å². The van der Waals surface area contributed by atoms with Crippen LogP contribution < -0.4 is 5.32 Å². The lowest BCUT2D eigenvalue weighted by Gasteiger charge is -2.33.